The number of phenols is 3. The molecule has 4 rings (SSSR count). The third kappa shape index (κ3) is 3.55. The Bertz CT molecular complexity index is 1190. The summed E-state index contributed by atoms with van der Waals surface area (Å²) in [4.78, 5) is 6.35. The number of thiophene rings is 1. The second kappa shape index (κ2) is 7.71. The van der Waals surface area contributed by atoms with E-state index in [0.29, 0.717) is 4.80 Å². The van der Waals surface area contributed by atoms with Crippen LogP contribution in [-0.4, -0.2) is 26.2 Å². The van der Waals surface area contributed by atoms with E-state index in [-0.39, 0.29) is 5.56 Å². The second-order valence-corrected chi connectivity index (χ2v) is 7.54. The van der Waals surface area contributed by atoms with Gasteiger partial charge in [0.25, 0.3) is 0 Å². The first-order valence-electron chi connectivity index (χ1n) is 8.26. The molecular formula is C20H15N3O3S2. The van der Waals surface area contributed by atoms with E-state index in [1.54, 1.807) is 16.0 Å². The van der Waals surface area contributed by atoms with Crippen molar-refractivity contribution >= 4 is 34.6 Å². The first-order valence-corrected chi connectivity index (χ1v) is 10.0. The lowest BCUT2D eigenvalue weighted by Gasteiger charge is -2.04. The van der Waals surface area contributed by atoms with Gasteiger partial charge in [-0.25, -0.2) is 9.67 Å². The molecule has 0 aliphatic rings. The van der Waals surface area contributed by atoms with E-state index in [2.05, 4.69) is 10.1 Å². The topological polar surface area (TPSA) is 90.3 Å². The standard InChI is InChI=1S/C20H15N3O3S2/c24-16-9-8-13(18(25)19(16)26)11-21-23-15(17-7-4-10-27-17)12-28-20(23)22-14-5-2-1-3-6-14/h1-12,24-26H/b21-11+,22-20-. The quantitative estimate of drug-likeness (QED) is 0.342. The van der Waals surface area contributed by atoms with Crippen LogP contribution in [0.15, 0.2) is 75.5 Å². The van der Waals surface area contributed by atoms with E-state index < -0.39 is 17.2 Å². The molecule has 0 saturated carbocycles. The van der Waals surface area contributed by atoms with Crippen LogP contribution in [0.2, 0.25) is 0 Å². The fourth-order valence-electron chi connectivity index (χ4n) is 2.51. The van der Waals surface area contributed by atoms with Gasteiger partial charge in [-0.1, -0.05) is 24.3 Å². The molecule has 3 N–H and O–H groups in total. The molecule has 2 aromatic heterocycles. The Balaban J connectivity index is 1.84. The van der Waals surface area contributed by atoms with E-state index in [1.807, 2.05) is 53.2 Å². The minimum Gasteiger partial charge on any atom is -0.504 e. The highest BCUT2D eigenvalue weighted by Gasteiger charge is 2.11. The van der Waals surface area contributed by atoms with Crippen molar-refractivity contribution in [1.29, 1.82) is 0 Å². The van der Waals surface area contributed by atoms with Crippen molar-refractivity contribution in [2.45, 2.75) is 0 Å². The molecule has 0 unspecified atom stereocenters. The number of phenolic OH excluding ortho intramolecular Hbond substituents is 3. The number of benzene rings is 2. The number of para-hydroxylation sites is 1. The van der Waals surface area contributed by atoms with E-state index in [1.165, 1.54) is 29.7 Å². The summed E-state index contributed by atoms with van der Waals surface area (Å²) in [6.07, 6.45) is 1.42. The number of thiazole rings is 1. The minimum absolute atomic E-state index is 0.275. The van der Waals surface area contributed by atoms with Gasteiger partial charge in [-0.15, -0.1) is 22.7 Å². The van der Waals surface area contributed by atoms with Crippen LogP contribution in [0.5, 0.6) is 17.2 Å². The largest absolute Gasteiger partial charge is 0.504 e. The van der Waals surface area contributed by atoms with Crippen molar-refractivity contribution in [2.75, 3.05) is 0 Å². The Morgan fingerprint density at radius 2 is 1.68 bits per heavy atom. The molecule has 28 heavy (non-hydrogen) atoms. The van der Waals surface area contributed by atoms with E-state index in [0.717, 1.165) is 16.3 Å². The molecule has 8 heteroatoms. The maximum absolute atomic E-state index is 10.0. The van der Waals surface area contributed by atoms with Crippen molar-refractivity contribution in [3.63, 3.8) is 0 Å². The number of nitrogens with zero attached hydrogens (tertiary/aromatic N) is 3. The fraction of sp³-hybridized carbons (Fsp3) is 0. The number of aromatic hydroxyl groups is 3. The lowest BCUT2D eigenvalue weighted by atomic mass is 10.2. The summed E-state index contributed by atoms with van der Waals surface area (Å²) in [5, 5.41) is 37.7. The Labute approximate surface area is 168 Å². The number of hydrogen-bond donors (Lipinski definition) is 3. The van der Waals surface area contributed by atoms with Gasteiger partial charge in [0.2, 0.25) is 10.6 Å². The van der Waals surface area contributed by atoms with Gasteiger partial charge in [0.05, 0.1) is 22.5 Å². The van der Waals surface area contributed by atoms with Gasteiger partial charge in [-0.3, -0.25) is 0 Å². The summed E-state index contributed by atoms with van der Waals surface area (Å²) in [6, 6.07) is 16.3. The summed E-state index contributed by atoms with van der Waals surface area (Å²) in [7, 11) is 0. The Morgan fingerprint density at radius 1 is 0.857 bits per heavy atom. The molecule has 2 aromatic carbocycles. The monoisotopic (exact) mass is 409 g/mol. The van der Waals surface area contributed by atoms with Crippen LogP contribution in [-0.2, 0) is 0 Å². The van der Waals surface area contributed by atoms with Gasteiger partial charge >= 0.3 is 0 Å². The van der Waals surface area contributed by atoms with Gasteiger partial charge in [-0.2, -0.15) is 5.10 Å². The molecule has 0 fully saturated rings. The third-order valence-corrected chi connectivity index (χ3v) is 5.62. The normalized spacial score (nSPS) is 12.1. The average Bonchev–Trinajstić information content (AvgIpc) is 3.36. The van der Waals surface area contributed by atoms with Crippen LogP contribution in [0.25, 0.3) is 10.6 Å². The van der Waals surface area contributed by atoms with Crippen molar-refractivity contribution in [1.82, 2.24) is 4.68 Å². The van der Waals surface area contributed by atoms with E-state index in [9.17, 15) is 15.3 Å². The van der Waals surface area contributed by atoms with Crippen LogP contribution >= 0.6 is 22.7 Å². The van der Waals surface area contributed by atoms with Crippen LogP contribution in [0.1, 0.15) is 5.56 Å². The number of rotatable bonds is 4. The van der Waals surface area contributed by atoms with Crippen molar-refractivity contribution < 1.29 is 15.3 Å². The SMILES string of the molecule is Oc1ccc(/C=N/n2c(-c3cccs3)cs/c2=N\c2ccccc2)c(O)c1O. The molecule has 140 valence electrons. The molecule has 0 bridgehead atoms. The van der Waals surface area contributed by atoms with Gasteiger partial charge in [0, 0.05) is 10.9 Å². The minimum atomic E-state index is -0.577. The predicted molar refractivity (Wildman–Crippen MR) is 112 cm³/mol. The van der Waals surface area contributed by atoms with Crippen molar-refractivity contribution in [3.05, 3.63) is 75.7 Å². The number of hydrogen-bond acceptors (Lipinski definition) is 7. The summed E-state index contributed by atoms with van der Waals surface area (Å²) in [5.74, 6) is -1.40. The highest BCUT2D eigenvalue weighted by Crippen LogP contribution is 2.36. The Kier molecular flexibility index (Phi) is 4.96. The molecule has 0 aliphatic heterocycles. The zero-order valence-corrected chi connectivity index (χ0v) is 16.1. The maximum atomic E-state index is 10.0. The van der Waals surface area contributed by atoms with Gasteiger partial charge < -0.3 is 15.3 Å². The van der Waals surface area contributed by atoms with Gasteiger partial charge in [0.15, 0.2) is 11.5 Å². The Morgan fingerprint density at radius 3 is 2.43 bits per heavy atom. The molecule has 0 spiro atoms. The summed E-state index contributed by atoms with van der Waals surface area (Å²) >= 11 is 3.04. The van der Waals surface area contributed by atoms with Crippen LogP contribution < -0.4 is 4.80 Å². The molecule has 0 amide bonds. The molecule has 0 atom stereocenters. The number of aromatic nitrogens is 1. The average molecular weight is 409 g/mol. The first-order chi connectivity index (χ1) is 13.6. The maximum Gasteiger partial charge on any atom is 0.211 e. The molecular weight excluding hydrogens is 394 g/mol. The lowest BCUT2D eigenvalue weighted by Crippen LogP contribution is -2.11. The zero-order valence-electron chi connectivity index (χ0n) is 14.4. The molecule has 6 nitrogen and oxygen atoms in total. The molecule has 4 aromatic rings. The summed E-state index contributed by atoms with van der Waals surface area (Å²) < 4.78 is 1.69. The lowest BCUT2D eigenvalue weighted by molar-refractivity contribution is 0.367. The highest BCUT2D eigenvalue weighted by molar-refractivity contribution is 7.14. The Hall–Kier alpha value is -3.36. The van der Waals surface area contributed by atoms with Crippen LogP contribution in [0, 0.1) is 0 Å². The zero-order chi connectivity index (χ0) is 19.5. The molecule has 2 heterocycles. The molecule has 0 radical (unpaired) electrons. The smallest absolute Gasteiger partial charge is 0.211 e. The first kappa shape index (κ1) is 18.0. The molecule has 0 saturated heterocycles. The summed E-state index contributed by atoms with van der Waals surface area (Å²) in [6.45, 7) is 0. The predicted octanol–water partition coefficient (Wildman–Crippen LogP) is 4.51. The van der Waals surface area contributed by atoms with E-state index >= 15 is 0 Å². The highest BCUT2D eigenvalue weighted by atomic mass is 32.1. The fourth-order valence-corrected chi connectivity index (χ4v) is 4.15. The van der Waals surface area contributed by atoms with Crippen LogP contribution in [0.3, 0.4) is 0 Å². The third-order valence-electron chi connectivity index (χ3n) is 3.91. The van der Waals surface area contributed by atoms with E-state index in [4.69, 9.17) is 0 Å². The van der Waals surface area contributed by atoms with Crippen molar-refractivity contribution in [2.24, 2.45) is 10.1 Å². The van der Waals surface area contributed by atoms with Gasteiger partial charge in [-0.05, 0) is 35.7 Å². The van der Waals surface area contributed by atoms with Crippen LogP contribution in [0.4, 0.5) is 5.69 Å². The van der Waals surface area contributed by atoms with Gasteiger partial charge in [0.1, 0.15) is 0 Å². The second-order valence-electron chi connectivity index (χ2n) is 5.76. The summed E-state index contributed by atoms with van der Waals surface area (Å²) in [5.41, 5.74) is 1.95. The molecule has 0 aliphatic carbocycles. The van der Waals surface area contributed by atoms with Crippen molar-refractivity contribution in [3.8, 4) is 27.8 Å².